The van der Waals surface area contributed by atoms with Crippen molar-refractivity contribution in [2.24, 2.45) is 11.8 Å². The van der Waals surface area contributed by atoms with Gasteiger partial charge in [0.1, 0.15) is 0 Å². The highest BCUT2D eigenvalue weighted by Gasteiger charge is 2.16. The summed E-state index contributed by atoms with van der Waals surface area (Å²) < 4.78 is 1.95. The molecule has 0 saturated heterocycles. The molecule has 0 spiro atoms. The first kappa shape index (κ1) is 13.2. The Morgan fingerprint density at radius 2 is 2.25 bits per heavy atom. The van der Waals surface area contributed by atoms with E-state index in [0.29, 0.717) is 12.0 Å². The molecule has 0 amide bonds. The van der Waals surface area contributed by atoms with Crippen molar-refractivity contribution in [1.82, 2.24) is 15.2 Å². The molecule has 2 atom stereocenters. The van der Waals surface area contributed by atoms with Gasteiger partial charge >= 0.3 is 0 Å². The SMILES string of the molecule is CCCC(C)C(Cc1cnn(CC)c1)NN. The minimum Gasteiger partial charge on any atom is -0.273 e. The van der Waals surface area contributed by atoms with Crippen molar-refractivity contribution in [2.75, 3.05) is 0 Å². The van der Waals surface area contributed by atoms with E-state index in [1.807, 2.05) is 10.9 Å². The minimum absolute atomic E-state index is 0.342. The Labute approximate surface area is 98.2 Å². The highest BCUT2D eigenvalue weighted by Crippen LogP contribution is 2.14. The lowest BCUT2D eigenvalue weighted by molar-refractivity contribution is 0.357. The number of nitrogens with two attached hydrogens (primary N) is 1. The highest BCUT2D eigenvalue weighted by molar-refractivity contribution is 5.06. The van der Waals surface area contributed by atoms with E-state index in [1.54, 1.807) is 0 Å². The Morgan fingerprint density at radius 3 is 2.75 bits per heavy atom. The number of hydrogen-bond donors (Lipinski definition) is 2. The first-order valence-electron chi connectivity index (χ1n) is 6.18. The predicted octanol–water partition coefficient (Wildman–Crippen LogP) is 1.71. The van der Waals surface area contributed by atoms with Gasteiger partial charge in [-0.3, -0.25) is 16.0 Å². The maximum Gasteiger partial charge on any atom is 0.0522 e. The molecule has 1 aromatic rings. The Hall–Kier alpha value is -0.870. The molecule has 0 aliphatic rings. The summed E-state index contributed by atoms with van der Waals surface area (Å²) in [5, 5.41) is 4.28. The molecule has 16 heavy (non-hydrogen) atoms. The lowest BCUT2D eigenvalue weighted by atomic mass is 9.93. The topological polar surface area (TPSA) is 55.9 Å². The van der Waals surface area contributed by atoms with Crippen molar-refractivity contribution in [1.29, 1.82) is 0 Å². The number of rotatable bonds is 7. The zero-order valence-electron chi connectivity index (χ0n) is 10.6. The van der Waals surface area contributed by atoms with E-state index in [-0.39, 0.29) is 0 Å². The van der Waals surface area contributed by atoms with Crippen LogP contribution in [0.5, 0.6) is 0 Å². The van der Waals surface area contributed by atoms with Crippen LogP contribution in [0.4, 0.5) is 0 Å². The van der Waals surface area contributed by atoms with Gasteiger partial charge in [-0.25, -0.2) is 0 Å². The summed E-state index contributed by atoms with van der Waals surface area (Å²) in [6.45, 7) is 7.47. The van der Waals surface area contributed by atoms with Crippen molar-refractivity contribution in [3.05, 3.63) is 18.0 Å². The van der Waals surface area contributed by atoms with Crippen LogP contribution < -0.4 is 11.3 Å². The van der Waals surface area contributed by atoms with Crippen molar-refractivity contribution in [3.8, 4) is 0 Å². The van der Waals surface area contributed by atoms with Crippen LogP contribution in [-0.4, -0.2) is 15.8 Å². The van der Waals surface area contributed by atoms with E-state index < -0.39 is 0 Å². The van der Waals surface area contributed by atoms with Gasteiger partial charge < -0.3 is 0 Å². The summed E-state index contributed by atoms with van der Waals surface area (Å²) in [6.07, 6.45) is 7.40. The summed E-state index contributed by atoms with van der Waals surface area (Å²) in [4.78, 5) is 0. The molecule has 0 radical (unpaired) electrons. The van der Waals surface area contributed by atoms with Crippen LogP contribution in [-0.2, 0) is 13.0 Å². The van der Waals surface area contributed by atoms with E-state index >= 15 is 0 Å². The van der Waals surface area contributed by atoms with Crippen LogP contribution in [0.15, 0.2) is 12.4 Å². The van der Waals surface area contributed by atoms with Crippen LogP contribution in [0.1, 0.15) is 39.2 Å². The van der Waals surface area contributed by atoms with Gasteiger partial charge in [-0.05, 0) is 31.2 Å². The normalized spacial score (nSPS) is 15.0. The van der Waals surface area contributed by atoms with E-state index in [4.69, 9.17) is 5.84 Å². The van der Waals surface area contributed by atoms with Crippen molar-refractivity contribution in [3.63, 3.8) is 0 Å². The minimum atomic E-state index is 0.342. The van der Waals surface area contributed by atoms with Crippen molar-refractivity contribution >= 4 is 0 Å². The fourth-order valence-corrected chi connectivity index (χ4v) is 2.02. The molecule has 1 heterocycles. The van der Waals surface area contributed by atoms with E-state index in [0.717, 1.165) is 13.0 Å². The van der Waals surface area contributed by atoms with Crippen LogP contribution in [0.25, 0.3) is 0 Å². The molecule has 3 N–H and O–H groups in total. The standard InChI is InChI=1S/C12H24N4/c1-4-6-10(3)12(15-13)7-11-8-14-16(5-2)9-11/h8-10,12,15H,4-7,13H2,1-3H3. The van der Waals surface area contributed by atoms with Gasteiger partial charge in [-0.1, -0.05) is 20.3 Å². The summed E-state index contributed by atoms with van der Waals surface area (Å²) >= 11 is 0. The lowest BCUT2D eigenvalue weighted by Crippen LogP contribution is -2.41. The molecule has 4 heteroatoms. The summed E-state index contributed by atoms with van der Waals surface area (Å²) in [5.41, 5.74) is 4.18. The number of nitrogens with zero attached hydrogens (tertiary/aromatic N) is 2. The number of aryl methyl sites for hydroxylation is 1. The highest BCUT2D eigenvalue weighted by atomic mass is 15.3. The molecule has 0 aliphatic heterocycles. The third-order valence-corrected chi connectivity index (χ3v) is 3.11. The van der Waals surface area contributed by atoms with Crippen LogP contribution in [0.2, 0.25) is 0 Å². The van der Waals surface area contributed by atoms with E-state index in [1.165, 1.54) is 18.4 Å². The molecule has 0 aromatic carbocycles. The second kappa shape index (κ2) is 6.66. The summed E-state index contributed by atoms with van der Waals surface area (Å²) in [7, 11) is 0. The molecule has 1 rings (SSSR count). The summed E-state index contributed by atoms with van der Waals surface area (Å²) in [6, 6.07) is 0.342. The Kier molecular flexibility index (Phi) is 5.49. The predicted molar refractivity (Wildman–Crippen MR) is 66.8 cm³/mol. The van der Waals surface area contributed by atoms with Gasteiger partial charge in [0.15, 0.2) is 0 Å². The monoisotopic (exact) mass is 224 g/mol. The first-order chi connectivity index (χ1) is 7.71. The van der Waals surface area contributed by atoms with Crippen molar-refractivity contribution in [2.45, 2.75) is 52.6 Å². The van der Waals surface area contributed by atoms with E-state index in [2.05, 4.69) is 37.5 Å². The lowest BCUT2D eigenvalue weighted by Gasteiger charge is -2.22. The molecule has 2 unspecified atom stereocenters. The summed E-state index contributed by atoms with van der Waals surface area (Å²) in [5.74, 6) is 6.21. The Bertz CT molecular complexity index is 295. The molecule has 0 fully saturated rings. The molecule has 0 aliphatic carbocycles. The first-order valence-corrected chi connectivity index (χ1v) is 6.18. The molecule has 4 nitrogen and oxygen atoms in total. The van der Waals surface area contributed by atoms with Crippen LogP contribution >= 0.6 is 0 Å². The smallest absolute Gasteiger partial charge is 0.0522 e. The zero-order valence-corrected chi connectivity index (χ0v) is 10.6. The molecular weight excluding hydrogens is 200 g/mol. The second-order valence-corrected chi connectivity index (χ2v) is 4.45. The average molecular weight is 224 g/mol. The van der Waals surface area contributed by atoms with Gasteiger partial charge in [0, 0.05) is 18.8 Å². The molecule has 1 aromatic heterocycles. The fraction of sp³-hybridized carbons (Fsp3) is 0.750. The van der Waals surface area contributed by atoms with Gasteiger partial charge in [0.2, 0.25) is 0 Å². The Balaban J connectivity index is 2.55. The van der Waals surface area contributed by atoms with Gasteiger partial charge in [0.25, 0.3) is 0 Å². The molecular formula is C12H24N4. The van der Waals surface area contributed by atoms with Gasteiger partial charge in [-0.2, -0.15) is 5.10 Å². The quantitative estimate of drug-likeness (QED) is 0.547. The van der Waals surface area contributed by atoms with Crippen LogP contribution in [0.3, 0.4) is 0 Å². The number of aromatic nitrogens is 2. The Morgan fingerprint density at radius 1 is 1.50 bits per heavy atom. The number of nitrogens with one attached hydrogen (secondary N) is 1. The van der Waals surface area contributed by atoms with E-state index in [9.17, 15) is 0 Å². The third-order valence-electron chi connectivity index (χ3n) is 3.11. The third kappa shape index (κ3) is 3.61. The van der Waals surface area contributed by atoms with Gasteiger partial charge in [0.05, 0.1) is 6.20 Å². The number of hydrazine groups is 1. The molecule has 0 saturated carbocycles. The molecule has 92 valence electrons. The largest absolute Gasteiger partial charge is 0.273 e. The maximum atomic E-state index is 5.61. The maximum absolute atomic E-state index is 5.61. The van der Waals surface area contributed by atoms with Crippen molar-refractivity contribution < 1.29 is 0 Å². The van der Waals surface area contributed by atoms with Gasteiger partial charge in [-0.15, -0.1) is 0 Å². The number of hydrogen-bond acceptors (Lipinski definition) is 3. The molecule has 0 bridgehead atoms. The zero-order chi connectivity index (χ0) is 12.0. The fourth-order valence-electron chi connectivity index (χ4n) is 2.02. The second-order valence-electron chi connectivity index (χ2n) is 4.45. The average Bonchev–Trinajstić information content (AvgIpc) is 2.73. The van der Waals surface area contributed by atoms with Crippen LogP contribution in [0, 0.1) is 5.92 Å².